The van der Waals surface area contributed by atoms with Crippen LogP contribution in [-0.4, -0.2) is 18.4 Å². The van der Waals surface area contributed by atoms with Gasteiger partial charge in [0.05, 0.1) is 0 Å². The lowest BCUT2D eigenvalue weighted by atomic mass is 10.1. The van der Waals surface area contributed by atoms with Crippen molar-refractivity contribution in [3.63, 3.8) is 0 Å². The van der Waals surface area contributed by atoms with Crippen molar-refractivity contribution < 1.29 is 9.59 Å². The summed E-state index contributed by atoms with van der Waals surface area (Å²) in [5.41, 5.74) is 2.63. The Morgan fingerprint density at radius 1 is 0.958 bits per heavy atom. The monoisotopic (exact) mass is 322 g/mol. The Morgan fingerprint density at radius 3 is 2.33 bits per heavy atom. The molecule has 4 nitrogen and oxygen atoms in total. The van der Waals surface area contributed by atoms with Gasteiger partial charge < -0.3 is 10.6 Å². The quantitative estimate of drug-likeness (QED) is 0.768. The molecular formula is C20H22N2O2. The number of amides is 2. The van der Waals surface area contributed by atoms with Gasteiger partial charge in [-0.2, -0.15) is 0 Å². The average molecular weight is 322 g/mol. The number of hydrogen-bond donors (Lipinski definition) is 2. The molecular weight excluding hydrogens is 300 g/mol. The summed E-state index contributed by atoms with van der Waals surface area (Å²) in [4.78, 5) is 23.8. The Hall–Kier alpha value is -2.62. The van der Waals surface area contributed by atoms with E-state index in [0.29, 0.717) is 12.1 Å². The van der Waals surface area contributed by atoms with Gasteiger partial charge in [-0.15, -0.1) is 0 Å². The van der Waals surface area contributed by atoms with Gasteiger partial charge in [0.15, 0.2) is 0 Å². The predicted octanol–water partition coefficient (Wildman–Crippen LogP) is 3.40. The summed E-state index contributed by atoms with van der Waals surface area (Å²) in [7, 11) is 0. The molecule has 1 aliphatic rings. The van der Waals surface area contributed by atoms with Crippen LogP contribution in [0.5, 0.6) is 0 Å². The largest absolute Gasteiger partial charge is 0.352 e. The van der Waals surface area contributed by atoms with Crippen molar-refractivity contribution >= 4 is 17.5 Å². The molecule has 0 saturated heterocycles. The molecule has 0 spiro atoms. The van der Waals surface area contributed by atoms with Crippen LogP contribution in [0.15, 0.2) is 54.6 Å². The maximum Gasteiger partial charge on any atom is 0.251 e. The molecule has 4 heteroatoms. The molecule has 0 radical (unpaired) electrons. The van der Waals surface area contributed by atoms with Gasteiger partial charge in [0, 0.05) is 23.7 Å². The molecule has 24 heavy (non-hydrogen) atoms. The predicted molar refractivity (Wildman–Crippen MR) is 94.9 cm³/mol. The third-order valence-corrected chi connectivity index (χ3v) is 4.13. The van der Waals surface area contributed by atoms with Crippen molar-refractivity contribution in [3.05, 3.63) is 65.7 Å². The topological polar surface area (TPSA) is 58.2 Å². The van der Waals surface area contributed by atoms with Crippen molar-refractivity contribution in [2.75, 3.05) is 11.9 Å². The Labute approximate surface area is 142 Å². The van der Waals surface area contributed by atoms with Crippen LogP contribution in [0.25, 0.3) is 0 Å². The molecule has 2 aromatic rings. The van der Waals surface area contributed by atoms with Gasteiger partial charge in [-0.1, -0.05) is 30.3 Å². The average Bonchev–Trinajstić information content (AvgIpc) is 3.45. The lowest BCUT2D eigenvalue weighted by molar-refractivity contribution is -0.117. The Bertz CT molecular complexity index is 691. The Morgan fingerprint density at radius 2 is 1.67 bits per heavy atom. The number of nitrogens with one attached hydrogen (secondary N) is 2. The van der Waals surface area contributed by atoms with Gasteiger partial charge in [0.1, 0.15) is 0 Å². The summed E-state index contributed by atoms with van der Waals surface area (Å²) < 4.78 is 0. The molecule has 2 aromatic carbocycles. The number of benzene rings is 2. The van der Waals surface area contributed by atoms with Gasteiger partial charge >= 0.3 is 0 Å². The van der Waals surface area contributed by atoms with Crippen LogP contribution in [0.3, 0.4) is 0 Å². The molecule has 2 N–H and O–H groups in total. The fourth-order valence-electron chi connectivity index (χ4n) is 2.54. The molecule has 0 bridgehead atoms. The van der Waals surface area contributed by atoms with Crippen molar-refractivity contribution in [1.29, 1.82) is 0 Å². The second-order valence-corrected chi connectivity index (χ2v) is 6.19. The van der Waals surface area contributed by atoms with E-state index in [4.69, 9.17) is 0 Å². The van der Waals surface area contributed by atoms with Gasteiger partial charge in [-0.05, 0) is 55.5 Å². The second kappa shape index (κ2) is 7.77. The molecule has 0 heterocycles. The molecule has 1 aliphatic carbocycles. The zero-order valence-electron chi connectivity index (χ0n) is 13.6. The van der Waals surface area contributed by atoms with Crippen LogP contribution < -0.4 is 10.6 Å². The first kappa shape index (κ1) is 16.2. The maximum atomic E-state index is 12.1. The van der Waals surface area contributed by atoms with Gasteiger partial charge in [0.2, 0.25) is 5.91 Å². The molecule has 0 atom stereocenters. The summed E-state index contributed by atoms with van der Waals surface area (Å²) in [6, 6.07) is 17.3. The molecule has 2 amide bonds. The van der Waals surface area contributed by atoms with Crippen molar-refractivity contribution in [2.45, 2.75) is 25.7 Å². The molecule has 0 aliphatic heterocycles. The van der Waals surface area contributed by atoms with Gasteiger partial charge in [-0.25, -0.2) is 0 Å². The van der Waals surface area contributed by atoms with Gasteiger partial charge in [-0.3, -0.25) is 9.59 Å². The first-order chi connectivity index (χ1) is 11.7. The molecule has 0 aromatic heterocycles. The lowest BCUT2D eigenvalue weighted by Gasteiger charge is -2.07. The SMILES string of the molecule is O=C(NCCCc1ccccc1)c1ccc(NC(=O)C2CC2)cc1. The van der Waals surface area contributed by atoms with E-state index in [0.717, 1.165) is 31.4 Å². The van der Waals surface area contributed by atoms with Crippen LogP contribution >= 0.6 is 0 Å². The zero-order valence-corrected chi connectivity index (χ0v) is 13.6. The molecule has 3 rings (SSSR count). The fourth-order valence-corrected chi connectivity index (χ4v) is 2.54. The normalized spacial score (nSPS) is 13.3. The summed E-state index contributed by atoms with van der Waals surface area (Å²) in [6.45, 7) is 0.647. The number of carbonyl (C=O) groups excluding carboxylic acids is 2. The summed E-state index contributed by atoms with van der Waals surface area (Å²) in [5.74, 6) is 0.175. The summed E-state index contributed by atoms with van der Waals surface area (Å²) in [6.07, 6.45) is 3.82. The van der Waals surface area contributed by atoms with E-state index in [1.807, 2.05) is 18.2 Å². The van der Waals surface area contributed by atoms with Gasteiger partial charge in [0.25, 0.3) is 5.91 Å². The number of carbonyl (C=O) groups is 2. The standard InChI is InChI=1S/C20H22N2O2/c23-19(21-14-4-7-15-5-2-1-3-6-15)16-10-12-18(13-11-16)22-20(24)17-8-9-17/h1-3,5-6,10-13,17H,4,7-9,14H2,(H,21,23)(H,22,24). The van der Waals surface area contributed by atoms with Crippen molar-refractivity contribution in [3.8, 4) is 0 Å². The van der Waals surface area contributed by atoms with Crippen molar-refractivity contribution in [1.82, 2.24) is 5.32 Å². The van der Waals surface area contributed by atoms with Crippen LogP contribution in [0.4, 0.5) is 5.69 Å². The summed E-state index contributed by atoms with van der Waals surface area (Å²) >= 11 is 0. The number of hydrogen-bond acceptors (Lipinski definition) is 2. The zero-order chi connectivity index (χ0) is 16.8. The Balaban J connectivity index is 1.42. The highest BCUT2D eigenvalue weighted by Gasteiger charge is 2.29. The number of aryl methyl sites for hydroxylation is 1. The molecule has 124 valence electrons. The van der Waals surface area contributed by atoms with E-state index in [1.165, 1.54) is 5.56 Å². The van der Waals surface area contributed by atoms with E-state index in [1.54, 1.807) is 24.3 Å². The smallest absolute Gasteiger partial charge is 0.251 e. The first-order valence-corrected chi connectivity index (χ1v) is 8.45. The third-order valence-electron chi connectivity index (χ3n) is 4.13. The minimum absolute atomic E-state index is 0.0770. The molecule has 1 fully saturated rings. The lowest BCUT2D eigenvalue weighted by Crippen LogP contribution is -2.24. The third kappa shape index (κ3) is 4.69. The second-order valence-electron chi connectivity index (χ2n) is 6.19. The number of rotatable bonds is 7. The minimum atomic E-state index is -0.0804. The fraction of sp³-hybridized carbons (Fsp3) is 0.300. The van der Waals surface area contributed by atoms with Crippen molar-refractivity contribution in [2.24, 2.45) is 5.92 Å². The molecule has 1 saturated carbocycles. The van der Waals surface area contributed by atoms with Crippen LogP contribution in [-0.2, 0) is 11.2 Å². The van der Waals surface area contributed by atoms with E-state index in [9.17, 15) is 9.59 Å². The van der Waals surface area contributed by atoms with E-state index in [-0.39, 0.29) is 17.7 Å². The minimum Gasteiger partial charge on any atom is -0.352 e. The van der Waals surface area contributed by atoms with Crippen LogP contribution in [0, 0.1) is 5.92 Å². The Kier molecular flexibility index (Phi) is 5.26. The van der Waals surface area contributed by atoms with E-state index in [2.05, 4.69) is 22.8 Å². The van der Waals surface area contributed by atoms with Crippen LogP contribution in [0.1, 0.15) is 35.2 Å². The first-order valence-electron chi connectivity index (χ1n) is 8.45. The maximum absolute atomic E-state index is 12.1. The highest BCUT2D eigenvalue weighted by Crippen LogP contribution is 2.30. The van der Waals surface area contributed by atoms with Crippen LogP contribution in [0.2, 0.25) is 0 Å². The van der Waals surface area contributed by atoms with E-state index >= 15 is 0 Å². The molecule has 0 unspecified atom stereocenters. The van der Waals surface area contributed by atoms with E-state index < -0.39 is 0 Å². The number of anilines is 1. The highest BCUT2D eigenvalue weighted by atomic mass is 16.2. The summed E-state index contributed by atoms with van der Waals surface area (Å²) in [5, 5.41) is 5.80. The highest BCUT2D eigenvalue weighted by molar-refractivity contribution is 5.96.